The average molecular weight is 238 g/mol. The van der Waals surface area contributed by atoms with E-state index in [1.165, 1.54) is 6.07 Å². The lowest BCUT2D eigenvalue weighted by molar-refractivity contribution is 0.0222. The number of hydrogen-bond acceptors (Lipinski definition) is 3. The SMILES string of the molecule is CCOCOc1ccc(C#CCCO)c(F)c1. The fraction of sp³-hybridized carbons (Fsp3) is 0.385. The van der Waals surface area contributed by atoms with Crippen LogP contribution in [0.25, 0.3) is 0 Å². The molecule has 4 heteroatoms. The summed E-state index contributed by atoms with van der Waals surface area (Å²) in [5, 5.41) is 8.55. The monoisotopic (exact) mass is 238 g/mol. The van der Waals surface area contributed by atoms with Gasteiger partial charge in [0.15, 0.2) is 6.79 Å². The zero-order valence-electron chi connectivity index (χ0n) is 9.70. The summed E-state index contributed by atoms with van der Waals surface area (Å²) in [6, 6.07) is 4.44. The molecule has 17 heavy (non-hydrogen) atoms. The van der Waals surface area contributed by atoms with Crippen LogP contribution >= 0.6 is 0 Å². The normalized spacial score (nSPS) is 9.59. The summed E-state index contributed by atoms with van der Waals surface area (Å²) in [6.07, 6.45) is 0.335. The summed E-state index contributed by atoms with van der Waals surface area (Å²) in [5.74, 6) is 5.26. The van der Waals surface area contributed by atoms with E-state index in [0.717, 1.165) is 0 Å². The van der Waals surface area contributed by atoms with Gasteiger partial charge in [0.25, 0.3) is 0 Å². The van der Waals surface area contributed by atoms with Gasteiger partial charge in [0.1, 0.15) is 11.6 Å². The molecule has 0 spiro atoms. The van der Waals surface area contributed by atoms with Gasteiger partial charge in [0.2, 0.25) is 0 Å². The van der Waals surface area contributed by atoms with E-state index >= 15 is 0 Å². The van der Waals surface area contributed by atoms with Gasteiger partial charge in [-0.1, -0.05) is 11.8 Å². The summed E-state index contributed by atoms with van der Waals surface area (Å²) >= 11 is 0. The van der Waals surface area contributed by atoms with Crippen LogP contribution in [0.5, 0.6) is 5.75 Å². The Balaban J connectivity index is 2.63. The smallest absolute Gasteiger partial charge is 0.189 e. The first-order valence-electron chi connectivity index (χ1n) is 5.37. The topological polar surface area (TPSA) is 38.7 Å². The highest BCUT2D eigenvalue weighted by atomic mass is 19.1. The molecule has 0 fully saturated rings. The molecule has 92 valence electrons. The van der Waals surface area contributed by atoms with Crippen LogP contribution < -0.4 is 4.74 Å². The van der Waals surface area contributed by atoms with Gasteiger partial charge in [-0.3, -0.25) is 0 Å². The number of aliphatic hydroxyl groups is 1. The fourth-order valence-corrected chi connectivity index (χ4v) is 1.09. The molecule has 1 rings (SSSR count). The van der Waals surface area contributed by atoms with E-state index in [9.17, 15) is 4.39 Å². The van der Waals surface area contributed by atoms with Gasteiger partial charge in [-0.05, 0) is 19.1 Å². The number of rotatable bonds is 5. The van der Waals surface area contributed by atoms with Gasteiger partial charge < -0.3 is 14.6 Å². The van der Waals surface area contributed by atoms with Crippen molar-refractivity contribution in [2.75, 3.05) is 20.0 Å². The minimum atomic E-state index is -0.440. The Morgan fingerprint density at radius 3 is 2.88 bits per heavy atom. The molecule has 0 aliphatic heterocycles. The van der Waals surface area contributed by atoms with Crippen LogP contribution in [-0.2, 0) is 4.74 Å². The van der Waals surface area contributed by atoms with E-state index < -0.39 is 5.82 Å². The molecule has 0 unspecified atom stereocenters. The van der Waals surface area contributed by atoms with Gasteiger partial charge in [-0.25, -0.2) is 4.39 Å². The van der Waals surface area contributed by atoms with Crippen molar-refractivity contribution < 1.29 is 19.0 Å². The Morgan fingerprint density at radius 2 is 2.24 bits per heavy atom. The predicted octanol–water partition coefficient (Wildman–Crippen LogP) is 1.93. The Kier molecular flexibility index (Phi) is 6.08. The van der Waals surface area contributed by atoms with E-state index in [4.69, 9.17) is 14.6 Å². The molecule has 0 aromatic heterocycles. The van der Waals surface area contributed by atoms with Crippen molar-refractivity contribution >= 4 is 0 Å². The minimum Gasteiger partial charge on any atom is -0.467 e. The van der Waals surface area contributed by atoms with Gasteiger partial charge in [-0.2, -0.15) is 0 Å². The first-order valence-corrected chi connectivity index (χ1v) is 5.37. The van der Waals surface area contributed by atoms with Crippen LogP contribution in [0.4, 0.5) is 4.39 Å². The fourth-order valence-electron chi connectivity index (χ4n) is 1.09. The van der Waals surface area contributed by atoms with Crippen molar-refractivity contribution in [2.45, 2.75) is 13.3 Å². The second kappa shape index (κ2) is 7.66. The second-order valence-corrected chi connectivity index (χ2v) is 3.17. The maximum Gasteiger partial charge on any atom is 0.189 e. The van der Waals surface area contributed by atoms with E-state index in [0.29, 0.717) is 24.3 Å². The number of hydrogen-bond donors (Lipinski definition) is 1. The molecule has 0 amide bonds. The second-order valence-electron chi connectivity index (χ2n) is 3.17. The van der Waals surface area contributed by atoms with Crippen molar-refractivity contribution in [2.24, 2.45) is 0 Å². The Morgan fingerprint density at radius 1 is 1.41 bits per heavy atom. The molecule has 1 N–H and O–H groups in total. The number of halogens is 1. The lowest BCUT2D eigenvalue weighted by atomic mass is 10.2. The van der Waals surface area contributed by atoms with Crippen LogP contribution in [0.2, 0.25) is 0 Å². The van der Waals surface area contributed by atoms with Gasteiger partial charge in [-0.15, -0.1) is 0 Å². The maximum absolute atomic E-state index is 13.5. The quantitative estimate of drug-likeness (QED) is 0.484. The van der Waals surface area contributed by atoms with Crippen molar-refractivity contribution in [1.82, 2.24) is 0 Å². The lowest BCUT2D eigenvalue weighted by Crippen LogP contribution is -2.02. The number of benzene rings is 1. The van der Waals surface area contributed by atoms with Crippen LogP contribution in [0, 0.1) is 17.7 Å². The highest BCUT2D eigenvalue weighted by Crippen LogP contribution is 2.16. The summed E-state index contributed by atoms with van der Waals surface area (Å²) < 4.78 is 23.6. The van der Waals surface area contributed by atoms with Crippen molar-refractivity contribution in [3.63, 3.8) is 0 Å². The molecular formula is C13H15FO3. The zero-order chi connectivity index (χ0) is 12.5. The largest absolute Gasteiger partial charge is 0.467 e. The molecule has 0 aliphatic carbocycles. The number of aliphatic hydroxyl groups excluding tert-OH is 1. The van der Waals surface area contributed by atoms with Crippen LogP contribution in [0.1, 0.15) is 18.9 Å². The highest BCUT2D eigenvalue weighted by molar-refractivity contribution is 5.39. The molecule has 0 atom stereocenters. The molecule has 3 nitrogen and oxygen atoms in total. The van der Waals surface area contributed by atoms with Gasteiger partial charge in [0, 0.05) is 19.1 Å². The van der Waals surface area contributed by atoms with Crippen molar-refractivity contribution in [3.8, 4) is 17.6 Å². The highest BCUT2D eigenvalue weighted by Gasteiger charge is 2.01. The third kappa shape index (κ3) is 4.85. The van der Waals surface area contributed by atoms with E-state index in [-0.39, 0.29) is 13.4 Å². The Hall–Kier alpha value is -1.57. The molecule has 0 saturated heterocycles. The lowest BCUT2D eigenvalue weighted by Gasteiger charge is -2.06. The van der Waals surface area contributed by atoms with E-state index in [1.807, 2.05) is 6.92 Å². The first kappa shape index (κ1) is 13.5. The van der Waals surface area contributed by atoms with Crippen LogP contribution in [0.15, 0.2) is 18.2 Å². The molecule has 0 bridgehead atoms. The summed E-state index contributed by atoms with van der Waals surface area (Å²) in [5.41, 5.74) is 0.294. The molecule has 1 aromatic carbocycles. The Labute approximate surface area is 100 Å². The summed E-state index contributed by atoms with van der Waals surface area (Å²) in [7, 11) is 0. The third-order valence-corrected chi connectivity index (χ3v) is 1.91. The summed E-state index contributed by atoms with van der Waals surface area (Å²) in [6.45, 7) is 2.48. The van der Waals surface area contributed by atoms with Gasteiger partial charge >= 0.3 is 0 Å². The molecule has 1 aromatic rings. The number of ether oxygens (including phenoxy) is 2. The van der Waals surface area contributed by atoms with E-state index in [2.05, 4.69) is 11.8 Å². The van der Waals surface area contributed by atoms with E-state index in [1.54, 1.807) is 12.1 Å². The first-order chi connectivity index (χ1) is 8.27. The Bertz CT molecular complexity index is 407. The van der Waals surface area contributed by atoms with Gasteiger partial charge in [0.05, 0.1) is 12.2 Å². The summed E-state index contributed by atoms with van der Waals surface area (Å²) in [4.78, 5) is 0. The maximum atomic E-state index is 13.5. The van der Waals surface area contributed by atoms with Crippen molar-refractivity contribution in [1.29, 1.82) is 0 Å². The molecule has 0 aliphatic rings. The van der Waals surface area contributed by atoms with Crippen LogP contribution in [0.3, 0.4) is 0 Å². The molecule has 0 heterocycles. The van der Waals surface area contributed by atoms with Crippen LogP contribution in [-0.4, -0.2) is 25.1 Å². The zero-order valence-corrected chi connectivity index (χ0v) is 9.70. The molecule has 0 saturated carbocycles. The average Bonchev–Trinajstić information content (AvgIpc) is 2.32. The minimum absolute atomic E-state index is 0.0236. The predicted molar refractivity (Wildman–Crippen MR) is 62.1 cm³/mol. The third-order valence-electron chi connectivity index (χ3n) is 1.91. The molecular weight excluding hydrogens is 223 g/mol. The standard InChI is InChI=1S/C13H15FO3/c1-2-16-10-17-12-7-6-11(13(14)9-12)5-3-4-8-15/h6-7,9,15H,2,4,8,10H2,1H3. The van der Waals surface area contributed by atoms with Crippen molar-refractivity contribution in [3.05, 3.63) is 29.6 Å². The molecule has 0 radical (unpaired) electrons.